The molecule has 1 saturated carbocycles. The summed E-state index contributed by atoms with van der Waals surface area (Å²) in [6.07, 6.45) is -0.836. The molecule has 1 saturated heterocycles. The number of hydrogen-bond acceptors (Lipinski definition) is 9. The van der Waals surface area contributed by atoms with Gasteiger partial charge < -0.3 is 35.6 Å². The zero-order valence-electron chi connectivity index (χ0n) is 18.6. The van der Waals surface area contributed by atoms with E-state index in [4.69, 9.17) is 15.2 Å². The third kappa shape index (κ3) is 4.90. The Bertz CT molecular complexity index is 913. The molecule has 2 amide bonds. The topological polar surface area (TPSA) is 147 Å². The number of nitrogens with two attached hydrogens (primary N) is 1. The van der Waals surface area contributed by atoms with Crippen LogP contribution < -0.4 is 20.5 Å². The lowest BCUT2D eigenvalue weighted by atomic mass is 9.80. The number of fused-ring (bicyclic) bond motifs is 1. The van der Waals surface area contributed by atoms with Gasteiger partial charge in [0.2, 0.25) is 11.8 Å². The number of amides is 2. The molecule has 5 atom stereocenters. The first-order valence-electron chi connectivity index (χ1n) is 11.0. The Balaban J connectivity index is 1.48. The second-order valence-electron chi connectivity index (χ2n) is 8.64. The number of primary amides is 1. The number of amidine groups is 1. The minimum absolute atomic E-state index is 0.0779. The Kier molecular flexibility index (Phi) is 7.01. The van der Waals surface area contributed by atoms with Gasteiger partial charge in [-0.1, -0.05) is 11.8 Å². The Hall–Kier alpha value is -2.50. The monoisotopic (exact) mass is 478 g/mol. The molecule has 0 bridgehead atoms. The average molecular weight is 479 g/mol. The molecule has 0 unspecified atom stereocenters. The Morgan fingerprint density at radius 2 is 1.79 bits per heavy atom. The summed E-state index contributed by atoms with van der Waals surface area (Å²) in [5, 5.41) is 24.5. The number of aliphatic hydroxyl groups is 2. The van der Waals surface area contributed by atoms with Crippen LogP contribution in [0.4, 0.5) is 5.69 Å². The number of nitrogens with one attached hydrogen (secondary N) is 1. The Labute approximate surface area is 196 Å². The highest BCUT2D eigenvalue weighted by Gasteiger charge is 2.51. The summed E-state index contributed by atoms with van der Waals surface area (Å²) in [5.41, 5.74) is 6.10. The van der Waals surface area contributed by atoms with Gasteiger partial charge >= 0.3 is 0 Å². The number of carbonyl (C=O) groups excluding carboxylic acids is 2. The highest BCUT2D eigenvalue weighted by Crippen LogP contribution is 2.42. The van der Waals surface area contributed by atoms with E-state index in [1.165, 1.54) is 11.8 Å². The minimum Gasteiger partial charge on any atom is -0.497 e. The van der Waals surface area contributed by atoms with Crippen LogP contribution in [-0.4, -0.2) is 82.9 Å². The van der Waals surface area contributed by atoms with Gasteiger partial charge in [-0.3, -0.25) is 14.6 Å². The van der Waals surface area contributed by atoms with Crippen molar-refractivity contribution < 1.29 is 29.3 Å². The Morgan fingerprint density at radius 3 is 2.36 bits per heavy atom. The van der Waals surface area contributed by atoms with E-state index < -0.39 is 24.2 Å². The first-order valence-corrected chi connectivity index (χ1v) is 11.9. The van der Waals surface area contributed by atoms with Gasteiger partial charge in [0.1, 0.15) is 17.6 Å². The number of nitrogens with zero attached hydrogens (tertiary/aromatic N) is 2. The van der Waals surface area contributed by atoms with E-state index >= 15 is 0 Å². The normalized spacial score (nSPS) is 29.8. The van der Waals surface area contributed by atoms with Crippen molar-refractivity contribution in [1.82, 2.24) is 4.90 Å². The summed E-state index contributed by atoms with van der Waals surface area (Å²) in [6, 6.07) is 4.74. The third-order valence-corrected chi connectivity index (χ3v) is 7.93. The van der Waals surface area contributed by atoms with E-state index in [0.29, 0.717) is 48.3 Å². The SMILES string of the molecule is COc1cc(NC2=N[C@H]3[C@@H](O)[C@H](O)C[C@H](C(=O)N4CCC(C(N)=O)CC4)[C@H]3S2)cc(OC)c1. The zero-order chi connectivity index (χ0) is 23.7. The second-order valence-corrected chi connectivity index (χ2v) is 9.80. The number of aliphatic imine (C=N–C) groups is 1. The largest absolute Gasteiger partial charge is 0.497 e. The predicted molar refractivity (Wildman–Crippen MR) is 124 cm³/mol. The highest BCUT2D eigenvalue weighted by molar-refractivity contribution is 8.15. The van der Waals surface area contributed by atoms with Crippen LogP contribution >= 0.6 is 11.8 Å². The van der Waals surface area contributed by atoms with Crippen LogP contribution in [-0.2, 0) is 9.59 Å². The van der Waals surface area contributed by atoms with Crippen molar-refractivity contribution in [2.24, 2.45) is 22.6 Å². The van der Waals surface area contributed by atoms with Crippen LogP contribution in [0.25, 0.3) is 0 Å². The number of hydrogen-bond donors (Lipinski definition) is 4. The molecule has 3 aliphatic rings. The average Bonchev–Trinajstić information content (AvgIpc) is 3.24. The van der Waals surface area contributed by atoms with Gasteiger partial charge in [0.05, 0.1) is 32.3 Å². The van der Waals surface area contributed by atoms with Crippen molar-refractivity contribution >= 4 is 34.4 Å². The minimum atomic E-state index is -1.05. The van der Waals surface area contributed by atoms with Crippen molar-refractivity contribution in [3.05, 3.63) is 18.2 Å². The van der Waals surface area contributed by atoms with E-state index in [1.807, 2.05) is 0 Å². The number of benzene rings is 1. The number of aliphatic hydroxyl groups excluding tert-OH is 2. The summed E-state index contributed by atoms with van der Waals surface area (Å²) >= 11 is 1.39. The van der Waals surface area contributed by atoms with Crippen molar-refractivity contribution in [1.29, 1.82) is 0 Å². The number of anilines is 1. The Morgan fingerprint density at radius 1 is 1.15 bits per heavy atom. The lowest BCUT2D eigenvalue weighted by molar-refractivity contribution is -0.142. The standard InChI is InChI=1S/C22H30N4O6S/c1-31-13-7-12(8-14(9-13)32-2)24-22-25-17-18(28)16(27)10-15(19(17)33-22)21(30)26-5-3-11(4-6-26)20(23)29/h7-9,11,15-19,27-28H,3-6,10H2,1-2H3,(H2,23,29)(H,24,25)/t15-,16+,17-,18-,19+/m0/s1. The van der Waals surface area contributed by atoms with Crippen molar-refractivity contribution in [3.8, 4) is 11.5 Å². The second kappa shape index (κ2) is 9.78. The number of carbonyl (C=O) groups is 2. The number of piperidine rings is 1. The van der Waals surface area contributed by atoms with Crippen molar-refractivity contribution in [3.63, 3.8) is 0 Å². The lowest BCUT2D eigenvalue weighted by Crippen LogP contribution is -2.55. The van der Waals surface area contributed by atoms with Crippen LogP contribution in [0.15, 0.2) is 23.2 Å². The van der Waals surface area contributed by atoms with Crippen LogP contribution in [0.5, 0.6) is 11.5 Å². The van der Waals surface area contributed by atoms with E-state index in [9.17, 15) is 19.8 Å². The van der Waals surface area contributed by atoms with Crippen LogP contribution in [0, 0.1) is 11.8 Å². The van der Waals surface area contributed by atoms with Gasteiger partial charge in [-0.15, -0.1) is 0 Å². The maximum Gasteiger partial charge on any atom is 0.227 e. The summed E-state index contributed by atoms with van der Waals surface area (Å²) < 4.78 is 10.6. The van der Waals surface area contributed by atoms with Gasteiger partial charge in [0.15, 0.2) is 5.17 Å². The van der Waals surface area contributed by atoms with E-state index in [0.717, 1.165) is 0 Å². The maximum absolute atomic E-state index is 13.4. The number of thioether (sulfide) groups is 1. The molecule has 2 aliphatic heterocycles. The number of likely N-dealkylation sites (tertiary alicyclic amines) is 1. The molecular formula is C22H30N4O6S. The summed E-state index contributed by atoms with van der Waals surface area (Å²) in [7, 11) is 3.13. The molecule has 10 nitrogen and oxygen atoms in total. The van der Waals surface area contributed by atoms with Crippen LogP contribution in [0.1, 0.15) is 19.3 Å². The smallest absolute Gasteiger partial charge is 0.227 e. The number of methoxy groups -OCH3 is 2. The predicted octanol–water partition coefficient (Wildman–Crippen LogP) is 0.421. The zero-order valence-corrected chi connectivity index (χ0v) is 19.5. The third-order valence-electron chi connectivity index (χ3n) is 6.62. The highest BCUT2D eigenvalue weighted by atomic mass is 32.2. The molecule has 2 fully saturated rings. The quantitative estimate of drug-likeness (QED) is 0.476. The van der Waals surface area contributed by atoms with Gasteiger partial charge in [-0.05, 0) is 19.3 Å². The summed E-state index contributed by atoms with van der Waals surface area (Å²) in [6.45, 7) is 0.915. The lowest BCUT2D eigenvalue weighted by Gasteiger charge is -2.40. The van der Waals surface area contributed by atoms with Gasteiger partial charge in [0, 0.05) is 48.1 Å². The molecule has 2 heterocycles. The maximum atomic E-state index is 13.4. The fraction of sp³-hybridized carbons (Fsp3) is 0.591. The molecule has 180 valence electrons. The molecule has 0 radical (unpaired) electrons. The first kappa shape index (κ1) is 23.7. The van der Waals surface area contributed by atoms with Crippen LogP contribution in [0.2, 0.25) is 0 Å². The molecule has 4 rings (SSSR count). The molecule has 11 heteroatoms. The van der Waals surface area contributed by atoms with Gasteiger partial charge in [0.25, 0.3) is 0 Å². The van der Waals surface area contributed by atoms with E-state index in [1.54, 1.807) is 37.3 Å². The molecule has 5 N–H and O–H groups in total. The molecule has 33 heavy (non-hydrogen) atoms. The molecule has 0 spiro atoms. The molecule has 0 aromatic heterocycles. The first-order chi connectivity index (χ1) is 15.8. The number of ether oxygens (including phenoxy) is 2. The van der Waals surface area contributed by atoms with E-state index in [-0.39, 0.29) is 29.4 Å². The fourth-order valence-corrected chi connectivity index (χ4v) is 6.09. The molecule has 1 aromatic carbocycles. The molecular weight excluding hydrogens is 448 g/mol. The van der Waals surface area contributed by atoms with Crippen LogP contribution in [0.3, 0.4) is 0 Å². The van der Waals surface area contributed by atoms with Crippen molar-refractivity contribution in [2.75, 3.05) is 32.6 Å². The number of rotatable bonds is 5. The van der Waals surface area contributed by atoms with Gasteiger partial charge in [-0.25, -0.2) is 0 Å². The fourth-order valence-electron chi connectivity index (χ4n) is 4.72. The molecule has 1 aromatic rings. The molecule has 1 aliphatic carbocycles. The summed E-state index contributed by atoms with van der Waals surface area (Å²) in [4.78, 5) is 31.1. The van der Waals surface area contributed by atoms with E-state index in [2.05, 4.69) is 10.3 Å². The van der Waals surface area contributed by atoms with Crippen molar-refractivity contribution in [2.45, 2.75) is 42.8 Å². The van der Waals surface area contributed by atoms with Gasteiger partial charge in [-0.2, -0.15) is 0 Å². The summed E-state index contributed by atoms with van der Waals surface area (Å²) in [5.74, 6) is 0.113.